The van der Waals surface area contributed by atoms with Gasteiger partial charge >= 0.3 is 5.97 Å². The highest BCUT2D eigenvalue weighted by Gasteiger charge is 2.30. The highest BCUT2D eigenvalue weighted by Crippen LogP contribution is 2.38. The fourth-order valence-electron chi connectivity index (χ4n) is 3.64. The molecule has 1 fully saturated rings. The Morgan fingerprint density at radius 1 is 1.21 bits per heavy atom. The maximum atomic E-state index is 12.7. The van der Waals surface area contributed by atoms with Gasteiger partial charge in [0.1, 0.15) is 5.00 Å². The lowest BCUT2D eigenvalue weighted by Crippen LogP contribution is -2.33. The molecule has 2 heterocycles. The van der Waals surface area contributed by atoms with Crippen LogP contribution >= 0.6 is 23.1 Å². The Balaban J connectivity index is 1.41. The number of carbonyl (C=O) groups is 4. The van der Waals surface area contributed by atoms with Gasteiger partial charge in [-0.05, 0) is 43.0 Å². The van der Waals surface area contributed by atoms with Gasteiger partial charge in [-0.25, -0.2) is 4.79 Å². The van der Waals surface area contributed by atoms with Crippen molar-refractivity contribution in [2.45, 2.75) is 37.6 Å². The Morgan fingerprint density at radius 2 is 2.00 bits per heavy atom. The van der Waals surface area contributed by atoms with Crippen molar-refractivity contribution in [1.29, 1.82) is 0 Å². The smallest absolute Gasteiger partial charge is 0.341 e. The molecule has 1 saturated carbocycles. The number of benzene rings is 1. The number of thioether (sulfide) groups is 1. The van der Waals surface area contributed by atoms with Crippen molar-refractivity contribution in [1.82, 2.24) is 4.90 Å². The van der Waals surface area contributed by atoms with Gasteiger partial charge in [0.05, 0.1) is 25.0 Å². The highest BCUT2D eigenvalue weighted by molar-refractivity contribution is 8.00. The molecule has 2 N–H and O–H groups in total. The summed E-state index contributed by atoms with van der Waals surface area (Å²) in [6.45, 7) is 2.47. The van der Waals surface area contributed by atoms with Crippen LogP contribution in [0, 0.1) is 5.92 Å². The van der Waals surface area contributed by atoms with Gasteiger partial charge < -0.3 is 20.3 Å². The topological polar surface area (TPSA) is 105 Å². The van der Waals surface area contributed by atoms with Crippen LogP contribution in [-0.2, 0) is 32.1 Å². The molecule has 1 aliphatic heterocycles. The van der Waals surface area contributed by atoms with Crippen molar-refractivity contribution in [2.24, 2.45) is 5.92 Å². The molecule has 174 valence electrons. The van der Waals surface area contributed by atoms with E-state index in [1.54, 1.807) is 4.90 Å². The normalized spacial score (nSPS) is 14.9. The molecule has 0 radical (unpaired) electrons. The molecule has 2 aliphatic rings. The third-order valence-corrected chi connectivity index (χ3v) is 7.69. The number of nitrogens with one attached hydrogen (secondary N) is 2. The van der Waals surface area contributed by atoms with E-state index in [4.69, 9.17) is 4.74 Å². The van der Waals surface area contributed by atoms with Gasteiger partial charge in [-0.15, -0.1) is 23.1 Å². The number of methoxy groups -OCH3 is 1. The van der Waals surface area contributed by atoms with E-state index in [-0.39, 0.29) is 29.4 Å². The van der Waals surface area contributed by atoms with Crippen LogP contribution in [0.3, 0.4) is 0 Å². The maximum absolute atomic E-state index is 12.7. The SMILES string of the molecule is COC(=O)c1c(NC(=O)CSc2cccc(NC(=O)C3CC3)c2)sc2c1CCN(C(C)=O)C2. The maximum Gasteiger partial charge on any atom is 0.341 e. The predicted octanol–water partition coefficient (Wildman–Crippen LogP) is 3.52. The van der Waals surface area contributed by atoms with E-state index < -0.39 is 5.97 Å². The van der Waals surface area contributed by atoms with Crippen molar-refractivity contribution in [3.63, 3.8) is 0 Å². The molecule has 0 atom stereocenters. The van der Waals surface area contributed by atoms with Crippen molar-refractivity contribution in [2.75, 3.05) is 30.0 Å². The van der Waals surface area contributed by atoms with Crippen LogP contribution in [0.2, 0.25) is 0 Å². The number of rotatable bonds is 7. The molecule has 1 aliphatic carbocycles. The zero-order chi connectivity index (χ0) is 23.5. The molecule has 10 heteroatoms. The monoisotopic (exact) mass is 487 g/mol. The second-order valence-electron chi connectivity index (χ2n) is 8.02. The first-order chi connectivity index (χ1) is 15.9. The summed E-state index contributed by atoms with van der Waals surface area (Å²) in [6.07, 6.45) is 2.42. The first-order valence-corrected chi connectivity index (χ1v) is 12.5. The van der Waals surface area contributed by atoms with Crippen LogP contribution in [0.5, 0.6) is 0 Å². The summed E-state index contributed by atoms with van der Waals surface area (Å²) < 4.78 is 4.95. The van der Waals surface area contributed by atoms with Crippen LogP contribution in [0.15, 0.2) is 29.2 Å². The summed E-state index contributed by atoms with van der Waals surface area (Å²) in [7, 11) is 1.31. The van der Waals surface area contributed by atoms with Gasteiger partial charge in [0, 0.05) is 34.8 Å². The second-order valence-corrected chi connectivity index (χ2v) is 10.2. The van der Waals surface area contributed by atoms with Crippen molar-refractivity contribution in [3.05, 3.63) is 40.3 Å². The number of amides is 3. The van der Waals surface area contributed by atoms with Crippen molar-refractivity contribution >= 4 is 57.5 Å². The Labute approximate surface area is 200 Å². The number of thiophene rings is 1. The molecule has 4 rings (SSSR count). The average molecular weight is 488 g/mol. The minimum Gasteiger partial charge on any atom is -0.465 e. The number of anilines is 2. The summed E-state index contributed by atoms with van der Waals surface area (Å²) in [4.78, 5) is 52.3. The van der Waals surface area contributed by atoms with Gasteiger partial charge in [0.25, 0.3) is 0 Å². The lowest BCUT2D eigenvalue weighted by Gasteiger charge is -2.25. The summed E-state index contributed by atoms with van der Waals surface area (Å²) in [5, 5.41) is 6.21. The second kappa shape index (κ2) is 9.96. The molecule has 3 amide bonds. The quantitative estimate of drug-likeness (QED) is 0.457. The Bertz CT molecular complexity index is 1110. The first-order valence-electron chi connectivity index (χ1n) is 10.7. The Morgan fingerprint density at radius 3 is 2.70 bits per heavy atom. The molecule has 0 saturated heterocycles. The Hall–Kier alpha value is -2.85. The van der Waals surface area contributed by atoms with E-state index in [0.29, 0.717) is 35.8 Å². The fourth-order valence-corrected chi connectivity index (χ4v) is 5.67. The third-order valence-electron chi connectivity index (χ3n) is 5.56. The van der Waals surface area contributed by atoms with E-state index >= 15 is 0 Å². The minimum absolute atomic E-state index is 0.0220. The van der Waals surface area contributed by atoms with E-state index in [1.165, 1.54) is 37.1 Å². The average Bonchev–Trinajstić information content (AvgIpc) is 3.59. The van der Waals surface area contributed by atoms with Gasteiger partial charge in [-0.1, -0.05) is 6.07 Å². The number of hydrogen-bond donors (Lipinski definition) is 2. The van der Waals surface area contributed by atoms with Crippen LogP contribution < -0.4 is 10.6 Å². The van der Waals surface area contributed by atoms with Crippen LogP contribution in [0.25, 0.3) is 0 Å². The minimum atomic E-state index is -0.495. The number of hydrogen-bond acceptors (Lipinski definition) is 7. The number of esters is 1. The van der Waals surface area contributed by atoms with Gasteiger partial charge in [-0.3, -0.25) is 14.4 Å². The summed E-state index contributed by atoms with van der Waals surface area (Å²) in [5.41, 5.74) is 1.93. The van der Waals surface area contributed by atoms with Crippen molar-refractivity contribution < 1.29 is 23.9 Å². The molecule has 0 bridgehead atoms. The molecule has 1 aromatic carbocycles. The van der Waals surface area contributed by atoms with Crippen LogP contribution in [0.1, 0.15) is 40.6 Å². The van der Waals surface area contributed by atoms with Crippen LogP contribution in [-0.4, -0.2) is 48.0 Å². The van der Waals surface area contributed by atoms with E-state index in [1.807, 2.05) is 24.3 Å². The molecule has 1 aromatic heterocycles. The lowest BCUT2D eigenvalue weighted by molar-refractivity contribution is -0.129. The molecule has 2 aromatic rings. The lowest BCUT2D eigenvalue weighted by atomic mass is 10.0. The largest absolute Gasteiger partial charge is 0.465 e. The van der Waals surface area contributed by atoms with E-state index in [9.17, 15) is 19.2 Å². The summed E-state index contributed by atoms with van der Waals surface area (Å²) in [6, 6.07) is 7.39. The van der Waals surface area contributed by atoms with E-state index in [0.717, 1.165) is 28.2 Å². The zero-order valence-electron chi connectivity index (χ0n) is 18.4. The molecule has 8 nitrogen and oxygen atoms in total. The molecule has 0 unspecified atom stereocenters. The standard InChI is InChI=1S/C23H25N3O5S2/c1-13(27)26-9-8-17-18(11-26)33-22(20(17)23(30)31-2)25-19(28)12-32-16-5-3-4-15(10-16)24-21(29)14-6-7-14/h3-5,10,14H,6-9,11-12H2,1-2H3,(H,24,29)(H,25,28). The molecular formula is C23H25N3O5S2. The fraction of sp³-hybridized carbons (Fsp3) is 0.391. The van der Waals surface area contributed by atoms with Crippen molar-refractivity contribution in [3.8, 4) is 0 Å². The number of nitrogens with zero attached hydrogens (tertiary/aromatic N) is 1. The number of ether oxygens (including phenoxy) is 1. The molecule has 33 heavy (non-hydrogen) atoms. The van der Waals surface area contributed by atoms with E-state index in [2.05, 4.69) is 10.6 Å². The number of carbonyl (C=O) groups excluding carboxylic acids is 4. The predicted molar refractivity (Wildman–Crippen MR) is 128 cm³/mol. The van der Waals surface area contributed by atoms with Gasteiger partial charge in [0.15, 0.2) is 0 Å². The van der Waals surface area contributed by atoms with Crippen LogP contribution in [0.4, 0.5) is 10.7 Å². The zero-order valence-corrected chi connectivity index (χ0v) is 20.1. The highest BCUT2D eigenvalue weighted by atomic mass is 32.2. The van der Waals surface area contributed by atoms with Gasteiger partial charge in [0.2, 0.25) is 17.7 Å². The summed E-state index contributed by atoms with van der Waals surface area (Å²) >= 11 is 2.66. The number of fused-ring (bicyclic) bond motifs is 1. The van der Waals surface area contributed by atoms with Gasteiger partial charge in [-0.2, -0.15) is 0 Å². The molecule has 0 spiro atoms. The third kappa shape index (κ3) is 5.56. The molecular weight excluding hydrogens is 462 g/mol. The first kappa shape index (κ1) is 23.3. The summed E-state index contributed by atoms with van der Waals surface area (Å²) in [5.74, 6) is -0.468. The Kier molecular flexibility index (Phi) is 7.04.